The Labute approximate surface area is 171 Å². The van der Waals surface area contributed by atoms with Crippen molar-refractivity contribution in [2.24, 2.45) is 0 Å². The van der Waals surface area contributed by atoms with E-state index in [4.69, 9.17) is 16.3 Å². The summed E-state index contributed by atoms with van der Waals surface area (Å²) in [7, 11) is 0. The van der Waals surface area contributed by atoms with Gasteiger partial charge in [0.2, 0.25) is 5.95 Å². The summed E-state index contributed by atoms with van der Waals surface area (Å²) < 4.78 is 5.67. The Morgan fingerprint density at radius 2 is 1.71 bits per heavy atom. The van der Waals surface area contributed by atoms with E-state index in [0.717, 1.165) is 40.9 Å². The predicted octanol–water partition coefficient (Wildman–Crippen LogP) is 5.62. The second kappa shape index (κ2) is 9.42. The van der Waals surface area contributed by atoms with Crippen molar-refractivity contribution < 1.29 is 4.74 Å². The summed E-state index contributed by atoms with van der Waals surface area (Å²) in [5, 5.41) is 7.36. The molecule has 0 bridgehead atoms. The number of benzene rings is 2. The lowest BCUT2D eigenvalue weighted by atomic mass is 10.1. The van der Waals surface area contributed by atoms with E-state index in [2.05, 4.69) is 20.6 Å². The van der Waals surface area contributed by atoms with Gasteiger partial charge in [-0.2, -0.15) is 4.98 Å². The van der Waals surface area contributed by atoms with Crippen LogP contribution < -0.4 is 15.4 Å². The third kappa shape index (κ3) is 6.13. The predicted molar refractivity (Wildman–Crippen MR) is 116 cm³/mol. The van der Waals surface area contributed by atoms with Gasteiger partial charge in [-0.25, -0.2) is 4.98 Å². The maximum Gasteiger partial charge on any atom is 0.229 e. The second-order valence-corrected chi connectivity index (χ2v) is 7.27. The Hall–Kier alpha value is -2.79. The number of hydrogen-bond acceptors (Lipinski definition) is 5. The third-order valence-electron chi connectivity index (χ3n) is 3.97. The van der Waals surface area contributed by atoms with E-state index in [1.54, 1.807) is 0 Å². The van der Waals surface area contributed by atoms with Crippen LogP contribution in [0.4, 0.5) is 17.5 Å². The first kappa shape index (κ1) is 20.0. The zero-order valence-electron chi connectivity index (χ0n) is 16.4. The molecule has 5 nitrogen and oxygen atoms in total. The molecule has 1 aromatic heterocycles. The highest BCUT2D eigenvalue weighted by atomic mass is 35.5. The van der Waals surface area contributed by atoms with Crippen LogP contribution in [0, 0.1) is 6.92 Å². The number of rotatable bonds is 8. The minimum atomic E-state index is 0.153. The van der Waals surface area contributed by atoms with Crippen molar-refractivity contribution in [1.29, 1.82) is 0 Å². The Kier molecular flexibility index (Phi) is 6.71. The van der Waals surface area contributed by atoms with Gasteiger partial charge in [-0.15, -0.1) is 0 Å². The van der Waals surface area contributed by atoms with E-state index in [-0.39, 0.29) is 6.10 Å². The molecule has 2 N–H and O–H groups in total. The van der Waals surface area contributed by atoms with Gasteiger partial charge in [0, 0.05) is 29.0 Å². The van der Waals surface area contributed by atoms with Crippen molar-refractivity contribution in [2.75, 3.05) is 17.2 Å². The van der Waals surface area contributed by atoms with Gasteiger partial charge in [0.1, 0.15) is 11.6 Å². The van der Waals surface area contributed by atoms with Crippen molar-refractivity contribution in [3.05, 3.63) is 70.9 Å². The molecule has 6 heteroatoms. The number of ether oxygens (including phenoxy) is 1. The lowest BCUT2D eigenvalue weighted by molar-refractivity contribution is 0.242. The molecule has 0 saturated carbocycles. The fourth-order valence-corrected chi connectivity index (χ4v) is 2.85. The van der Waals surface area contributed by atoms with Crippen LogP contribution >= 0.6 is 11.6 Å². The first-order valence-corrected chi connectivity index (χ1v) is 9.73. The average Bonchev–Trinajstić information content (AvgIpc) is 2.64. The average molecular weight is 397 g/mol. The van der Waals surface area contributed by atoms with Gasteiger partial charge in [-0.3, -0.25) is 0 Å². The van der Waals surface area contributed by atoms with Crippen molar-refractivity contribution >= 4 is 29.1 Å². The van der Waals surface area contributed by atoms with Crippen LogP contribution in [0.15, 0.2) is 54.6 Å². The number of anilines is 3. The molecule has 0 aliphatic carbocycles. The van der Waals surface area contributed by atoms with E-state index in [0.29, 0.717) is 5.95 Å². The molecule has 0 atom stereocenters. The Bertz CT molecular complexity index is 895. The first-order chi connectivity index (χ1) is 13.5. The van der Waals surface area contributed by atoms with Gasteiger partial charge < -0.3 is 15.4 Å². The summed E-state index contributed by atoms with van der Waals surface area (Å²) >= 11 is 5.93. The maximum atomic E-state index is 5.93. The highest BCUT2D eigenvalue weighted by Crippen LogP contribution is 2.20. The highest BCUT2D eigenvalue weighted by Gasteiger charge is 2.04. The third-order valence-corrected chi connectivity index (χ3v) is 4.22. The summed E-state index contributed by atoms with van der Waals surface area (Å²) in [6.45, 7) is 6.75. The van der Waals surface area contributed by atoms with Crippen LogP contribution in [0.5, 0.6) is 5.75 Å². The molecule has 0 amide bonds. The topological polar surface area (TPSA) is 59.1 Å². The number of aromatic nitrogens is 2. The molecule has 1 heterocycles. The maximum absolute atomic E-state index is 5.93. The Morgan fingerprint density at radius 3 is 2.39 bits per heavy atom. The fourth-order valence-electron chi connectivity index (χ4n) is 2.72. The minimum Gasteiger partial charge on any atom is -0.491 e. The van der Waals surface area contributed by atoms with Crippen LogP contribution in [0.1, 0.15) is 25.1 Å². The molecule has 0 unspecified atom stereocenters. The number of hydrogen-bond donors (Lipinski definition) is 2. The number of nitrogens with one attached hydrogen (secondary N) is 2. The first-order valence-electron chi connectivity index (χ1n) is 9.36. The van der Waals surface area contributed by atoms with Gasteiger partial charge >= 0.3 is 0 Å². The molecular weight excluding hydrogens is 372 g/mol. The van der Waals surface area contributed by atoms with Crippen LogP contribution in [0.25, 0.3) is 0 Å². The molecule has 0 saturated heterocycles. The lowest BCUT2D eigenvalue weighted by Crippen LogP contribution is -2.09. The molecule has 0 radical (unpaired) electrons. The highest BCUT2D eigenvalue weighted by molar-refractivity contribution is 6.30. The van der Waals surface area contributed by atoms with Gasteiger partial charge in [0.25, 0.3) is 0 Å². The molecular formula is C22H25ClN4O. The van der Waals surface area contributed by atoms with E-state index >= 15 is 0 Å². The van der Waals surface area contributed by atoms with Crippen LogP contribution in [-0.2, 0) is 6.42 Å². The molecule has 0 spiro atoms. The van der Waals surface area contributed by atoms with Crippen LogP contribution in [-0.4, -0.2) is 22.6 Å². The molecule has 3 rings (SSSR count). The monoisotopic (exact) mass is 396 g/mol. The molecule has 28 heavy (non-hydrogen) atoms. The van der Waals surface area contributed by atoms with Gasteiger partial charge in [-0.05, 0) is 69.2 Å². The number of nitrogens with zero attached hydrogens (tertiary/aromatic N) is 2. The summed E-state index contributed by atoms with van der Waals surface area (Å²) in [4.78, 5) is 9.03. The summed E-state index contributed by atoms with van der Waals surface area (Å²) in [6.07, 6.45) is 1.04. The van der Waals surface area contributed by atoms with Crippen molar-refractivity contribution in [3.8, 4) is 5.75 Å². The second-order valence-electron chi connectivity index (χ2n) is 6.84. The fraction of sp³-hybridized carbons (Fsp3) is 0.273. The van der Waals surface area contributed by atoms with Gasteiger partial charge in [-0.1, -0.05) is 23.7 Å². The number of halogens is 1. The zero-order chi connectivity index (χ0) is 19.9. The molecule has 3 aromatic rings. The van der Waals surface area contributed by atoms with Crippen LogP contribution in [0.3, 0.4) is 0 Å². The minimum absolute atomic E-state index is 0.153. The van der Waals surface area contributed by atoms with Crippen molar-refractivity contribution in [1.82, 2.24) is 9.97 Å². The molecule has 0 fully saturated rings. The zero-order valence-corrected chi connectivity index (χ0v) is 17.1. The van der Waals surface area contributed by atoms with E-state index in [1.165, 1.54) is 5.56 Å². The van der Waals surface area contributed by atoms with E-state index in [1.807, 2.05) is 75.4 Å². The van der Waals surface area contributed by atoms with Gasteiger partial charge in [0.05, 0.1) is 6.10 Å². The van der Waals surface area contributed by atoms with E-state index < -0.39 is 0 Å². The normalized spacial score (nSPS) is 10.8. The SMILES string of the molecule is Cc1cc(NCCc2ccc(Cl)cc2)nc(Nc2ccc(OC(C)C)cc2)n1. The van der Waals surface area contributed by atoms with Gasteiger partial charge in [0.15, 0.2) is 0 Å². The molecule has 146 valence electrons. The largest absolute Gasteiger partial charge is 0.491 e. The Morgan fingerprint density at radius 1 is 1.00 bits per heavy atom. The molecule has 2 aromatic carbocycles. The molecule has 0 aliphatic heterocycles. The molecule has 0 aliphatic rings. The smallest absolute Gasteiger partial charge is 0.229 e. The lowest BCUT2D eigenvalue weighted by Gasteiger charge is -2.12. The van der Waals surface area contributed by atoms with Crippen molar-refractivity contribution in [2.45, 2.75) is 33.3 Å². The number of aryl methyl sites for hydroxylation is 1. The van der Waals surface area contributed by atoms with E-state index in [9.17, 15) is 0 Å². The van der Waals surface area contributed by atoms with Crippen molar-refractivity contribution in [3.63, 3.8) is 0 Å². The summed E-state index contributed by atoms with van der Waals surface area (Å²) in [6, 6.07) is 17.6. The standard InChI is InChI=1S/C22H25ClN4O/c1-15(2)28-20-10-8-19(9-11-20)26-22-25-16(3)14-21(27-22)24-13-12-17-4-6-18(23)7-5-17/h4-11,14-15H,12-13H2,1-3H3,(H2,24,25,26,27). The van der Waals surface area contributed by atoms with Crippen LogP contribution in [0.2, 0.25) is 5.02 Å². The summed E-state index contributed by atoms with van der Waals surface area (Å²) in [5.74, 6) is 2.20. The Balaban J connectivity index is 1.60. The summed E-state index contributed by atoms with van der Waals surface area (Å²) in [5.41, 5.74) is 3.03. The quantitative estimate of drug-likeness (QED) is 0.517.